The highest BCUT2D eigenvalue weighted by Gasteiger charge is 2.32. The van der Waals surface area contributed by atoms with Gasteiger partial charge in [0, 0.05) is 50.5 Å². The second-order valence-electron chi connectivity index (χ2n) is 11.8. The maximum absolute atomic E-state index is 14.2. The highest BCUT2D eigenvalue weighted by atomic mass is 19.4. The molecule has 2 aromatic rings. The fourth-order valence-corrected chi connectivity index (χ4v) is 5.09. The largest absolute Gasteiger partial charge is 0.490 e. The Morgan fingerprint density at radius 1 is 1.09 bits per heavy atom. The van der Waals surface area contributed by atoms with Crippen LogP contribution < -0.4 is 15.4 Å². The van der Waals surface area contributed by atoms with Crippen LogP contribution >= 0.6 is 0 Å². The first-order valence-electron chi connectivity index (χ1n) is 15.5. The summed E-state index contributed by atoms with van der Waals surface area (Å²) in [4.78, 5) is 42.1. The van der Waals surface area contributed by atoms with Gasteiger partial charge in [0.1, 0.15) is 5.75 Å². The lowest BCUT2D eigenvalue weighted by atomic mass is 10.0. The third kappa shape index (κ3) is 11.5. The third-order valence-corrected chi connectivity index (χ3v) is 7.84. The number of urea groups is 1. The number of alkyl halides is 3. The van der Waals surface area contributed by atoms with Gasteiger partial charge in [0.05, 0.1) is 36.8 Å². The number of anilines is 2. The monoisotopic (exact) mass is 650 g/mol. The van der Waals surface area contributed by atoms with Crippen LogP contribution in [0.1, 0.15) is 63.2 Å². The van der Waals surface area contributed by atoms with E-state index in [0.29, 0.717) is 36.6 Å². The van der Waals surface area contributed by atoms with Crippen molar-refractivity contribution in [1.29, 1.82) is 0 Å². The zero-order chi connectivity index (χ0) is 33.9. The smallest absolute Gasteiger partial charge is 0.389 e. The number of hydrogen-bond donors (Lipinski definition) is 3. The number of amides is 4. The molecule has 0 saturated heterocycles. The van der Waals surface area contributed by atoms with Gasteiger partial charge in [-0.2, -0.15) is 13.2 Å². The fraction of sp³-hybridized carbons (Fsp3) is 0.545. The van der Waals surface area contributed by atoms with E-state index in [-0.39, 0.29) is 37.3 Å². The molecule has 0 unspecified atom stereocenters. The number of likely N-dealkylation sites (N-methyl/N-ethyl adjacent to an activating group) is 1. The summed E-state index contributed by atoms with van der Waals surface area (Å²) in [6.45, 7) is 5.57. The molecule has 13 heteroatoms. The van der Waals surface area contributed by atoms with Gasteiger partial charge in [-0.05, 0) is 63.4 Å². The number of benzene rings is 2. The number of rotatable bonds is 8. The molecule has 10 nitrogen and oxygen atoms in total. The molecule has 4 atom stereocenters. The van der Waals surface area contributed by atoms with Gasteiger partial charge in [-0.3, -0.25) is 9.59 Å². The van der Waals surface area contributed by atoms with E-state index in [1.807, 2.05) is 19.9 Å². The number of hydrogen-bond acceptors (Lipinski definition) is 6. The minimum absolute atomic E-state index is 0.0358. The van der Waals surface area contributed by atoms with Crippen molar-refractivity contribution in [2.24, 2.45) is 5.92 Å². The van der Waals surface area contributed by atoms with Crippen molar-refractivity contribution in [3.63, 3.8) is 0 Å². The molecule has 0 fully saturated rings. The molecule has 3 N–H and O–H groups in total. The second-order valence-corrected chi connectivity index (χ2v) is 11.8. The maximum atomic E-state index is 14.2. The van der Waals surface area contributed by atoms with E-state index in [1.165, 1.54) is 22.9 Å². The average molecular weight is 651 g/mol. The molecule has 1 heterocycles. The lowest BCUT2D eigenvalue weighted by Crippen LogP contribution is -2.48. The number of halogens is 3. The molecule has 4 amide bonds. The number of para-hydroxylation sites is 1. The molecular formula is C33H45F3N4O6. The molecule has 0 radical (unpaired) electrons. The third-order valence-electron chi connectivity index (χ3n) is 7.84. The topological polar surface area (TPSA) is 120 Å². The Morgan fingerprint density at radius 2 is 1.78 bits per heavy atom. The quantitative estimate of drug-likeness (QED) is 0.326. The predicted octanol–water partition coefficient (Wildman–Crippen LogP) is 5.93. The molecule has 0 spiro atoms. The van der Waals surface area contributed by atoms with E-state index in [4.69, 9.17) is 9.47 Å². The highest BCUT2D eigenvalue weighted by molar-refractivity contribution is 6.02. The van der Waals surface area contributed by atoms with Crippen molar-refractivity contribution in [1.82, 2.24) is 9.80 Å². The van der Waals surface area contributed by atoms with Gasteiger partial charge in [-0.25, -0.2) is 4.79 Å². The number of carbonyl (C=O) groups excluding carboxylic acids is 3. The summed E-state index contributed by atoms with van der Waals surface area (Å²) >= 11 is 0. The van der Waals surface area contributed by atoms with E-state index in [2.05, 4.69) is 10.6 Å². The van der Waals surface area contributed by atoms with Crippen LogP contribution in [0.4, 0.5) is 29.3 Å². The Labute approximate surface area is 268 Å². The van der Waals surface area contributed by atoms with E-state index in [9.17, 15) is 32.7 Å². The van der Waals surface area contributed by atoms with Gasteiger partial charge in [0.15, 0.2) is 0 Å². The van der Waals surface area contributed by atoms with Gasteiger partial charge < -0.3 is 35.0 Å². The number of fused-ring (bicyclic) bond motifs is 1. The summed E-state index contributed by atoms with van der Waals surface area (Å²) < 4.78 is 50.6. The Kier molecular flexibility index (Phi) is 13.7. The molecule has 3 rings (SSSR count). The lowest BCUT2D eigenvalue weighted by molar-refractivity contribution is -0.149. The van der Waals surface area contributed by atoms with Gasteiger partial charge in [0.25, 0.3) is 5.91 Å². The molecule has 0 bridgehead atoms. The summed E-state index contributed by atoms with van der Waals surface area (Å²) in [6.07, 6.45) is -5.08. The van der Waals surface area contributed by atoms with Crippen LogP contribution in [0.2, 0.25) is 0 Å². The lowest BCUT2D eigenvalue weighted by Gasteiger charge is -2.36. The second kappa shape index (κ2) is 17.2. The van der Waals surface area contributed by atoms with Gasteiger partial charge in [-0.15, -0.1) is 0 Å². The van der Waals surface area contributed by atoms with Crippen molar-refractivity contribution in [3.8, 4) is 5.75 Å². The normalized spacial score (nSPS) is 20.5. The Morgan fingerprint density at radius 3 is 2.46 bits per heavy atom. The van der Waals surface area contributed by atoms with Crippen molar-refractivity contribution in [2.75, 3.05) is 44.0 Å². The van der Waals surface area contributed by atoms with Crippen LogP contribution in [-0.2, 0) is 9.53 Å². The first kappa shape index (κ1) is 36.6. The summed E-state index contributed by atoms with van der Waals surface area (Å²) in [6, 6.07) is 12.6. The highest BCUT2D eigenvalue weighted by Crippen LogP contribution is 2.29. The zero-order valence-electron chi connectivity index (χ0n) is 26.8. The molecular weight excluding hydrogens is 605 g/mol. The van der Waals surface area contributed by atoms with Gasteiger partial charge in [0.2, 0.25) is 5.91 Å². The number of aliphatic hydroxyl groups is 1. The van der Waals surface area contributed by atoms with E-state index < -0.39 is 49.0 Å². The molecule has 254 valence electrons. The number of ether oxygens (including phenoxy) is 2. The summed E-state index contributed by atoms with van der Waals surface area (Å²) in [5.74, 6) is -1.15. The molecule has 1 aliphatic heterocycles. The maximum Gasteiger partial charge on any atom is 0.389 e. The fourth-order valence-electron chi connectivity index (χ4n) is 5.09. The van der Waals surface area contributed by atoms with E-state index in [0.717, 1.165) is 6.42 Å². The molecule has 46 heavy (non-hydrogen) atoms. The van der Waals surface area contributed by atoms with Crippen molar-refractivity contribution in [3.05, 3.63) is 54.1 Å². The Bertz CT molecular complexity index is 1300. The van der Waals surface area contributed by atoms with E-state index in [1.54, 1.807) is 43.3 Å². The minimum Gasteiger partial charge on any atom is -0.490 e. The Balaban J connectivity index is 1.89. The van der Waals surface area contributed by atoms with Crippen LogP contribution in [0.15, 0.2) is 48.5 Å². The predicted molar refractivity (Wildman–Crippen MR) is 169 cm³/mol. The summed E-state index contributed by atoms with van der Waals surface area (Å²) in [5, 5.41) is 15.6. The minimum atomic E-state index is -4.44. The first-order chi connectivity index (χ1) is 21.8. The number of aliphatic hydroxyl groups excluding tert-OH is 1. The van der Waals surface area contributed by atoms with Gasteiger partial charge >= 0.3 is 12.2 Å². The molecule has 0 aliphatic carbocycles. The molecule has 0 saturated carbocycles. The standard InChI is InChI=1S/C33H45F3N4O6/c1-22-19-40(23(2)21-41)31(43)27-18-26(38-32(44)37-25-11-6-5-7-12-25)13-14-28(27)46-24(3)10-8-9-17-45-29(22)20-39(4)30(42)15-16-33(34,35)36/h5-7,11-14,18,22-24,29,41H,8-10,15-17,19-21H2,1-4H3,(H2,37,38,44)/t22-,23+,24+,29-/m1/s1. The van der Waals surface area contributed by atoms with Crippen molar-refractivity contribution >= 4 is 29.2 Å². The van der Waals surface area contributed by atoms with Crippen LogP contribution in [0.3, 0.4) is 0 Å². The summed E-state index contributed by atoms with van der Waals surface area (Å²) in [5.41, 5.74) is 1.13. The SMILES string of the molecule is C[C@@H]1CN([C@@H](C)CO)C(=O)c2cc(NC(=O)Nc3ccccc3)ccc2O[C@@H](C)CCCCO[C@@H]1CN(C)C(=O)CCC(F)(F)F. The molecule has 1 aliphatic rings. The zero-order valence-corrected chi connectivity index (χ0v) is 26.8. The number of nitrogens with zero attached hydrogens (tertiary/aromatic N) is 2. The summed E-state index contributed by atoms with van der Waals surface area (Å²) in [7, 11) is 1.44. The van der Waals surface area contributed by atoms with Crippen molar-refractivity contribution in [2.45, 2.75) is 77.3 Å². The Hall–Kier alpha value is -3.84. The average Bonchev–Trinajstić information content (AvgIpc) is 3.01. The van der Waals surface area contributed by atoms with Crippen LogP contribution in [-0.4, -0.2) is 90.5 Å². The number of nitrogens with one attached hydrogen (secondary N) is 2. The number of carbonyl (C=O) groups is 3. The van der Waals surface area contributed by atoms with Gasteiger partial charge in [-0.1, -0.05) is 25.1 Å². The van der Waals surface area contributed by atoms with Crippen LogP contribution in [0.5, 0.6) is 5.75 Å². The first-order valence-corrected chi connectivity index (χ1v) is 15.5. The van der Waals surface area contributed by atoms with Crippen LogP contribution in [0, 0.1) is 5.92 Å². The van der Waals surface area contributed by atoms with Crippen LogP contribution in [0.25, 0.3) is 0 Å². The van der Waals surface area contributed by atoms with E-state index >= 15 is 0 Å². The molecule has 0 aromatic heterocycles. The molecule has 2 aromatic carbocycles. The van der Waals surface area contributed by atoms with Crippen molar-refractivity contribution < 1.29 is 42.1 Å².